The number of nitrogens with two attached hydrogens (primary N) is 1. The van der Waals surface area contributed by atoms with E-state index in [1.165, 1.54) is 11.1 Å². The Hall–Kier alpha value is -1.84. The molecule has 2 rings (SSSR count). The average Bonchev–Trinajstić information content (AvgIpc) is 2.51. The van der Waals surface area contributed by atoms with Crippen molar-refractivity contribution in [2.24, 2.45) is 11.7 Å². The van der Waals surface area contributed by atoms with Crippen molar-refractivity contribution in [2.45, 2.75) is 19.8 Å². The molecule has 0 amide bonds. The lowest BCUT2D eigenvalue weighted by Gasteiger charge is -2.13. The molecular formula is C18H23NO2. The Bertz CT molecular complexity index is 550. The van der Waals surface area contributed by atoms with Crippen molar-refractivity contribution in [1.29, 1.82) is 0 Å². The lowest BCUT2D eigenvalue weighted by molar-refractivity contribution is 0.223. The molecule has 3 heteroatoms. The molecule has 0 radical (unpaired) electrons. The first-order valence-electron chi connectivity index (χ1n) is 7.36. The van der Waals surface area contributed by atoms with Crippen LogP contribution in [-0.4, -0.2) is 18.3 Å². The van der Waals surface area contributed by atoms with E-state index in [2.05, 4.69) is 19.1 Å². The van der Waals surface area contributed by atoms with Crippen molar-refractivity contribution < 1.29 is 9.84 Å². The van der Waals surface area contributed by atoms with Crippen molar-refractivity contribution in [2.75, 3.05) is 13.2 Å². The second-order valence-electron chi connectivity index (χ2n) is 5.33. The van der Waals surface area contributed by atoms with Gasteiger partial charge in [-0.05, 0) is 67.6 Å². The van der Waals surface area contributed by atoms with Crippen LogP contribution < -0.4 is 10.5 Å². The average molecular weight is 285 g/mol. The first kappa shape index (κ1) is 15.5. The highest BCUT2D eigenvalue weighted by atomic mass is 16.5. The molecule has 0 spiro atoms. The molecule has 1 unspecified atom stereocenters. The fourth-order valence-corrected chi connectivity index (χ4v) is 2.28. The van der Waals surface area contributed by atoms with Crippen LogP contribution in [0.1, 0.15) is 17.5 Å². The van der Waals surface area contributed by atoms with E-state index in [1.54, 1.807) is 0 Å². The summed E-state index contributed by atoms with van der Waals surface area (Å²) in [6.45, 7) is 2.78. The molecule has 21 heavy (non-hydrogen) atoms. The van der Waals surface area contributed by atoms with Crippen LogP contribution in [0.15, 0.2) is 48.5 Å². The normalized spacial score (nSPS) is 12.1. The summed E-state index contributed by atoms with van der Waals surface area (Å²) in [6.07, 6.45) is 1.84. The molecule has 2 aromatic carbocycles. The molecule has 0 aliphatic carbocycles. The molecule has 3 N–H and O–H groups in total. The second-order valence-corrected chi connectivity index (χ2v) is 5.33. The van der Waals surface area contributed by atoms with Crippen molar-refractivity contribution in [3.05, 3.63) is 59.7 Å². The van der Waals surface area contributed by atoms with E-state index in [-0.39, 0.29) is 12.5 Å². The van der Waals surface area contributed by atoms with Crippen molar-refractivity contribution in [1.82, 2.24) is 0 Å². The number of aliphatic hydroxyl groups excluding tert-OH is 1. The number of aliphatic hydroxyl groups is 1. The number of benzene rings is 2. The van der Waals surface area contributed by atoms with Crippen molar-refractivity contribution >= 4 is 0 Å². The van der Waals surface area contributed by atoms with Crippen LogP contribution in [0.5, 0.6) is 11.5 Å². The molecular weight excluding hydrogens is 262 g/mol. The Labute approximate surface area is 126 Å². The molecule has 0 saturated carbocycles. The van der Waals surface area contributed by atoms with Gasteiger partial charge in [-0.1, -0.05) is 24.3 Å². The molecule has 0 fully saturated rings. The molecule has 0 saturated heterocycles. The maximum Gasteiger partial charge on any atom is 0.127 e. The third-order valence-electron chi connectivity index (χ3n) is 3.71. The van der Waals surface area contributed by atoms with Gasteiger partial charge in [-0.3, -0.25) is 0 Å². The minimum atomic E-state index is 0.157. The lowest BCUT2D eigenvalue weighted by atomic mass is 9.97. The van der Waals surface area contributed by atoms with Crippen LogP contribution in [0.4, 0.5) is 0 Å². The quantitative estimate of drug-likeness (QED) is 0.820. The van der Waals surface area contributed by atoms with E-state index in [0.717, 1.165) is 24.3 Å². The number of rotatable bonds is 7. The summed E-state index contributed by atoms with van der Waals surface area (Å²) >= 11 is 0. The summed E-state index contributed by atoms with van der Waals surface area (Å²) in [7, 11) is 0. The van der Waals surface area contributed by atoms with E-state index < -0.39 is 0 Å². The highest BCUT2D eigenvalue weighted by Gasteiger charge is 2.07. The van der Waals surface area contributed by atoms with Crippen molar-refractivity contribution in [3.63, 3.8) is 0 Å². The molecule has 3 nitrogen and oxygen atoms in total. The van der Waals surface area contributed by atoms with Gasteiger partial charge in [0.15, 0.2) is 0 Å². The van der Waals surface area contributed by atoms with Crippen LogP contribution in [0.3, 0.4) is 0 Å². The van der Waals surface area contributed by atoms with Crippen LogP contribution >= 0.6 is 0 Å². The fourth-order valence-electron chi connectivity index (χ4n) is 2.28. The van der Waals surface area contributed by atoms with Gasteiger partial charge < -0.3 is 15.6 Å². The predicted octanol–water partition coefficient (Wildman–Crippen LogP) is 3.29. The summed E-state index contributed by atoms with van der Waals surface area (Å²) in [6, 6.07) is 15.9. The topological polar surface area (TPSA) is 55.5 Å². The van der Waals surface area contributed by atoms with Gasteiger partial charge in [-0.2, -0.15) is 0 Å². The maximum atomic E-state index is 9.18. The molecule has 1 atom stereocenters. The van der Waals surface area contributed by atoms with Gasteiger partial charge in [0.1, 0.15) is 11.5 Å². The van der Waals surface area contributed by atoms with E-state index in [1.807, 2.05) is 36.4 Å². The first-order valence-corrected chi connectivity index (χ1v) is 7.36. The summed E-state index contributed by atoms with van der Waals surface area (Å²) in [5.41, 5.74) is 8.10. The number of hydrogen-bond acceptors (Lipinski definition) is 3. The molecule has 0 aliphatic heterocycles. The summed E-state index contributed by atoms with van der Waals surface area (Å²) in [4.78, 5) is 0. The predicted molar refractivity (Wildman–Crippen MR) is 85.6 cm³/mol. The van der Waals surface area contributed by atoms with Crippen LogP contribution in [0, 0.1) is 12.8 Å². The molecule has 0 aliphatic rings. The molecule has 0 aromatic heterocycles. The number of para-hydroxylation sites is 1. The Morgan fingerprint density at radius 3 is 2.48 bits per heavy atom. The Kier molecular flexibility index (Phi) is 5.78. The largest absolute Gasteiger partial charge is 0.457 e. The van der Waals surface area contributed by atoms with Gasteiger partial charge >= 0.3 is 0 Å². The van der Waals surface area contributed by atoms with Crippen LogP contribution in [0.2, 0.25) is 0 Å². The monoisotopic (exact) mass is 285 g/mol. The molecule has 0 heterocycles. The summed E-state index contributed by atoms with van der Waals surface area (Å²) in [5.74, 6) is 1.87. The zero-order valence-corrected chi connectivity index (χ0v) is 12.5. The Morgan fingerprint density at radius 1 is 1.10 bits per heavy atom. The van der Waals surface area contributed by atoms with Gasteiger partial charge in [0, 0.05) is 6.61 Å². The van der Waals surface area contributed by atoms with Crippen molar-refractivity contribution in [3.8, 4) is 11.5 Å². The zero-order valence-electron chi connectivity index (χ0n) is 12.5. The van der Waals surface area contributed by atoms with Crippen LogP contribution in [0.25, 0.3) is 0 Å². The molecule has 0 bridgehead atoms. The van der Waals surface area contributed by atoms with Gasteiger partial charge in [-0.25, -0.2) is 0 Å². The lowest BCUT2D eigenvalue weighted by Crippen LogP contribution is -2.18. The highest BCUT2D eigenvalue weighted by molar-refractivity contribution is 5.37. The summed E-state index contributed by atoms with van der Waals surface area (Å²) in [5, 5.41) is 9.18. The Morgan fingerprint density at radius 2 is 1.86 bits per heavy atom. The molecule has 112 valence electrons. The van der Waals surface area contributed by atoms with Gasteiger partial charge in [0.05, 0.1) is 0 Å². The minimum Gasteiger partial charge on any atom is -0.457 e. The highest BCUT2D eigenvalue weighted by Crippen LogP contribution is 2.24. The van der Waals surface area contributed by atoms with Gasteiger partial charge in [-0.15, -0.1) is 0 Å². The minimum absolute atomic E-state index is 0.157. The number of ether oxygens (including phenoxy) is 1. The van der Waals surface area contributed by atoms with E-state index >= 15 is 0 Å². The fraction of sp³-hybridized carbons (Fsp3) is 0.333. The number of hydrogen-bond donors (Lipinski definition) is 2. The van der Waals surface area contributed by atoms with E-state index in [9.17, 15) is 5.11 Å². The van der Waals surface area contributed by atoms with E-state index in [0.29, 0.717) is 6.54 Å². The first-order chi connectivity index (χ1) is 10.2. The maximum absolute atomic E-state index is 9.18. The van der Waals surface area contributed by atoms with Crippen LogP contribution in [-0.2, 0) is 6.42 Å². The smallest absolute Gasteiger partial charge is 0.127 e. The van der Waals surface area contributed by atoms with Gasteiger partial charge in [0.2, 0.25) is 0 Å². The summed E-state index contributed by atoms with van der Waals surface area (Å²) < 4.78 is 5.82. The SMILES string of the molecule is Cc1cc(Oc2ccccc2)ccc1CCC(CN)CO. The third-order valence-corrected chi connectivity index (χ3v) is 3.71. The third kappa shape index (κ3) is 4.59. The standard InChI is InChI=1S/C18H23NO2/c1-14-11-18(21-17-5-3-2-4-6-17)10-9-16(14)8-7-15(12-19)13-20/h2-6,9-11,15,20H,7-8,12-13,19H2,1H3. The Balaban J connectivity index is 2.00. The second kappa shape index (κ2) is 7.81. The molecule has 2 aromatic rings. The van der Waals surface area contributed by atoms with Gasteiger partial charge in [0.25, 0.3) is 0 Å². The number of aryl methyl sites for hydroxylation is 2. The zero-order chi connectivity index (χ0) is 15.1. The van der Waals surface area contributed by atoms with E-state index in [4.69, 9.17) is 10.5 Å².